The van der Waals surface area contributed by atoms with Crippen LogP contribution in [0.3, 0.4) is 0 Å². The molecule has 0 radical (unpaired) electrons. The van der Waals surface area contributed by atoms with Crippen LogP contribution in [0.5, 0.6) is 0 Å². The molecular formula is C16H22N2O. The number of carbonyl (C=O) groups excluding carboxylic acids is 1. The minimum atomic E-state index is 0.191. The largest absolute Gasteiger partial charge is 0.340 e. The predicted molar refractivity (Wildman–Crippen MR) is 78.8 cm³/mol. The Bertz CT molecular complexity index is 445. The third kappa shape index (κ3) is 4.21. The zero-order valence-electron chi connectivity index (χ0n) is 11.8. The molecule has 0 spiro atoms. The van der Waals surface area contributed by atoms with Crippen molar-refractivity contribution >= 4 is 12.0 Å². The Morgan fingerprint density at radius 1 is 1.11 bits per heavy atom. The summed E-state index contributed by atoms with van der Waals surface area (Å²) in [5.74, 6) is 0.191. The van der Waals surface area contributed by atoms with Crippen molar-refractivity contribution in [1.82, 2.24) is 9.80 Å². The first kappa shape index (κ1) is 13.8. The van der Waals surface area contributed by atoms with Crippen molar-refractivity contribution in [3.8, 4) is 0 Å². The van der Waals surface area contributed by atoms with Gasteiger partial charge in [-0.1, -0.05) is 42.0 Å². The lowest BCUT2D eigenvalue weighted by molar-refractivity contribution is -0.130. The molecule has 1 aliphatic rings. The van der Waals surface area contributed by atoms with E-state index in [0.29, 0.717) is 0 Å². The molecule has 0 N–H and O–H groups in total. The Morgan fingerprint density at radius 2 is 1.74 bits per heavy atom. The van der Waals surface area contributed by atoms with Crippen LogP contribution in [0.15, 0.2) is 35.9 Å². The van der Waals surface area contributed by atoms with Gasteiger partial charge in [-0.25, -0.2) is 0 Å². The second-order valence-electron chi connectivity index (χ2n) is 5.18. The number of amides is 1. The Labute approximate surface area is 115 Å². The molecule has 0 atom stereocenters. The average Bonchev–Trinajstić information content (AvgIpc) is 2.40. The summed E-state index contributed by atoms with van der Waals surface area (Å²) in [4.78, 5) is 15.6. The summed E-state index contributed by atoms with van der Waals surface area (Å²) < 4.78 is 0. The number of carbonyl (C=O) groups is 1. The number of hydrogen-bond acceptors (Lipinski definition) is 2. The van der Waals surface area contributed by atoms with Crippen LogP contribution in [0.25, 0.3) is 6.08 Å². The Morgan fingerprint density at radius 3 is 2.32 bits per heavy atom. The first-order chi connectivity index (χ1) is 9.15. The maximum atomic E-state index is 11.3. The van der Waals surface area contributed by atoms with E-state index in [1.54, 1.807) is 6.92 Å². The lowest BCUT2D eigenvalue weighted by atomic mass is 10.1. The molecule has 0 aromatic heterocycles. The van der Waals surface area contributed by atoms with E-state index in [2.05, 4.69) is 42.2 Å². The van der Waals surface area contributed by atoms with Crippen LogP contribution in [-0.2, 0) is 4.79 Å². The molecule has 3 nitrogen and oxygen atoms in total. The summed E-state index contributed by atoms with van der Waals surface area (Å²) in [5, 5.41) is 0. The summed E-state index contributed by atoms with van der Waals surface area (Å²) in [6.07, 6.45) is 2.23. The molecule has 1 heterocycles. The van der Waals surface area contributed by atoms with Gasteiger partial charge in [-0.3, -0.25) is 9.69 Å². The highest BCUT2D eigenvalue weighted by molar-refractivity contribution is 5.73. The summed E-state index contributed by atoms with van der Waals surface area (Å²) >= 11 is 0. The van der Waals surface area contributed by atoms with Gasteiger partial charge in [0.05, 0.1) is 0 Å². The summed E-state index contributed by atoms with van der Waals surface area (Å²) in [7, 11) is 0. The highest BCUT2D eigenvalue weighted by Crippen LogP contribution is 2.09. The molecule has 1 aromatic rings. The molecule has 19 heavy (non-hydrogen) atoms. The highest BCUT2D eigenvalue weighted by Gasteiger charge is 2.18. The van der Waals surface area contributed by atoms with Gasteiger partial charge in [-0.05, 0) is 12.5 Å². The molecule has 3 heteroatoms. The van der Waals surface area contributed by atoms with E-state index < -0.39 is 0 Å². The van der Waals surface area contributed by atoms with Gasteiger partial charge < -0.3 is 4.90 Å². The van der Waals surface area contributed by atoms with Crippen molar-refractivity contribution in [2.45, 2.75) is 13.8 Å². The van der Waals surface area contributed by atoms with E-state index in [0.717, 1.165) is 32.7 Å². The summed E-state index contributed by atoms with van der Waals surface area (Å²) in [6.45, 7) is 8.46. The van der Waals surface area contributed by atoms with Crippen molar-refractivity contribution in [2.75, 3.05) is 32.7 Å². The van der Waals surface area contributed by atoms with Crippen LogP contribution >= 0.6 is 0 Å². The predicted octanol–water partition coefficient (Wildman–Crippen LogP) is 2.25. The van der Waals surface area contributed by atoms with Crippen molar-refractivity contribution in [3.63, 3.8) is 0 Å². The fourth-order valence-corrected chi connectivity index (χ4v) is 2.45. The Balaban J connectivity index is 1.85. The molecule has 1 aliphatic heterocycles. The van der Waals surface area contributed by atoms with Gasteiger partial charge in [0.1, 0.15) is 0 Å². The smallest absolute Gasteiger partial charge is 0.219 e. The van der Waals surface area contributed by atoms with Gasteiger partial charge in [-0.15, -0.1) is 0 Å². The first-order valence-electron chi connectivity index (χ1n) is 6.85. The van der Waals surface area contributed by atoms with E-state index >= 15 is 0 Å². The Kier molecular flexibility index (Phi) is 4.74. The third-order valence-corrected chi connectivity index (χ3v) is 3.50. The van der Waals surface area contributed by atoms with Crippen LogP contribution in [0, 0.1) is 0 Å². The lowest BCUT2D eigenvalue weighted by Crippen LogP contribution is -2.48. The number of benzene rings is 1. The number of hydrogen-bond donors (Lipinski definition) is 0. The SMILES string of the molecule is CC(=O)N1CCN(C/C(C)=C/c2ccccc2)CC1. The molecule has 0 bridgehead atoms. The topological polar surface area (TPSA) is 23.6 Å². The molecule has 0 saturated carbocycles. The molecule has 1 amide bonds. The van der Waals surface area contributed by atoms with E-state index in [1.165, 1.54) is 11.1 Å². The molecule has 2 rings (SSSR count). The van der Waals surface area contributed by atoms with Crippen molar-refractivity contribution in [1.29, 1.82) is 0 Å². The second-order valence-corrected chi connectivity index (χ2v) is 5.18. The molecular weight excluding hydrogens is 236 g/mol. The minimum absolute atomic E-state index is 0.191. The van der Waals surface area contributed by atoms with Gasteiger partial charge in [0, 0.05) is 39.6 Å². The molecule has 0 aliphatic carbocycles. The van der Waals surface area contributed by atoms with Crippen LogP contribution in [-0.4, -0.2) is 48.4 Å². The van der Waals surface area contributed by atoms with E-state index in [-0.39, 0.29) is 5.91 Å². The highest BCUT2D eigenvalue weighted by atomic mass is 16.2. The second kappa shape index (κ2) is 6.53. The van der Waals surface area contributed by atoms with Gasteiger partial charge >= 0.3 is 0 Å². The van der Waals surface area contributed by atoms with Gasteiger partial charge in [0.2, 0.25) is 5.91 Å². The van der Waals surface area contributed by atoms with Crippen LogP contribution in [0.4, 0.5) is 0 Å². The molecule has 1 fully saturated rings. The van der Waals surface area contributed by atoms with E-state index in [1.807, 2.05) is 11.0 Å². The number of rotatable bonds is 3. The number of nitrogens with zero attached hydrogens (tertiary/aromatic N) is 2. The quantitative estimate of drug-likeness (QED) is 0.830. The molecule has 1 aromatic carbocycles. The standard InChI is InChI=1S/C16H22N2O/c1-14(12-16-6-4-3-5-7-16)13-17-8-10-18(11-9-17)15(2)19/h3-7,12H,8-11,13H2,1-2H3/b14-12+. The van der Waals surface area contributed by atoms with Crippen LogP contribution in [0.2, 0.25) is 0 Å². The fourth-order valence-electron chi connectivity index (χ4n) is 2.45. The van der Waals surface area contributed by atoms with Crippen LogP contribution in [0.1, 0.15) is 19.4 Å². The third-order valence-electron chi connectivity index (χ3n) is 3.50. The summed E-state index contributed by atoms with van der Waals surface area (Å²) in [5.41, 5.74) is 2.62. The normalized spacial score (nSPS) is 17.6. The average molecular weight is 258 g/mol. The molecule has 102 valence electrons. The van der Waals surface area contributed by atoms with E-state index in [9.17, 15) is 4.79 Å². The lowest BCUT2D eigenvalue weighted by Gasteiger charge is -2.34. The fraction of sp³-hybridized carbons (Fsp3) is 0.438. The minimum Gasteiger partial charge on any atom is -0.340 e. The maximum Gasteiger partial charge on any atom is 0.219 e. The summed E-state index contributed by atoms with van der Waals surface area (Å²) in [6, 6.07) is 10.4. The molecule has 0 unspecified atom stereocenters. The van der Waals surface area contributed by atoms with Crippen molar-refractivity contribution in [3.05, 3.63) is 41.5 Å². The Hall–Kier alpha value is -1.61. The monoisotopic (exact) mass is 258 g/mol. The van der Waals surface area contributed by atoms with Gasteiger partial charge in [0.15, 0.2) is 0 Å². The molecule has 1 saturated heterocycles. The number of piperazine rings is 1. The van der Waals surface area contributed by atoms with Gasteiger partial charge in [-0.2, -0.15) is 0 Å². The van der Waals surface area contributed by atoms with Crippen molar-refractivity contribution in [2.24, 2.45) is 0 Å². The zero-order valence-corrected chi connectivity index (χ0v) is 11.8. The zero-order chi connectivity index (χ0) is 13.7. The maximum absolute atomic E-state index is 11.3. The van der Waals surface area contributed by atoms with E-state index in [4.69, 9.17) is 0 Å². The van der Waals surface area contributed by atoms with Crippen molar-refractivity contribution < 1.29 is 4.79 Å². The van der Waals surface area contributed by atoms with Crippen LogP contribution < -0.4 is 0 Å². The first-order valence-corrected chi connectivity index (χ1v) is 6.85. The van der Waals surface area contributed by atoms with Gasteiger partial charge in [0.25, 0.3) is 0 Å².